The van der Waals surface area contributed by atoms with Crippen molar-refractivity contribution in [3.8, 4) is 11.1 Å². The molecule has 0 atom stereocenters. The topological polar surface area (TPSA) is 0 Å². The lowest BCUT2D eigenvalue weighted by Crippen LogP contribution is -2.11. The van der Waals surface area contributed by atoms with Crippen LogP contribution in [0.3, 0.4) is 0 Å². The van der Waals surface area contributed by atoms with Gasteiger partial charge >= 0.3 is 6.18 Å². The maximum Gasteiger partial charge on any atom is 0.419 e. The average Bonchev–Trinajstić information content (AvgIpc) is 2.54. The molecule has 0 heterocycles. The van der Waals surface area contributed by atoms with E-state index in [0.29, 0.717) is 17.9 Å². The van der Waals surface area contributed by atoms with Gasteiger partial charge in [-0.3, -0.25) is 0 Å². The molecule has 134 valence electrons. The van der Waals surface area contributed by atoms with E-state index < -0.39 is 23.4 Å². The molecule has 0 nitrogen and oxygen atoms in total. The van der Waals surface area contributed by atoms with Gasteiger partial charge in [-0.25, -0.2) is 8.78 Å². The van der Waals surface area contributed by atoms with Crippen LogP contribution in [0, 0.1) is 17.6 Å². The molecule has 1 saturated carbocycles. The van der Waals surface area contributed by atoms with Crippen molar-refractivity contribution in [1.82, 2.24) is 0 Å². The van der Waals surface area contributed by atoms with Crippen LogP contribution in [0.5, 0.6) is 0 Å². The van der Waals surface area contributed by atoms with Crippen LogP contribution in [0.25, 0.3) is 11.1 Å². The van der Waals surface area contributed by atoms with Gasteiger partial charge in [-0.2, -0.15) is 13.2 Å². The summed E-state index contributed by atoms with van der Waals surface area (Å²) in [5, 5.41) is 0. The number of alkyl halides is 3. The number of hydrogen-bond acceptors (Lipinski definition) is 0. The Hall–Kier alpha value is -1.91. The predicted octanol–water partition coefficient (Wildman–Crippen LogP) is 6.94. The summed E-state index contributed by atoms with van der Waals surface area (Å²) in [7, 11) is 0. The molecule has 0 saturated heterocycles. The Bertz CT molecular complexity index is 755. The monoisotopic (exact) mass is 354 g/mol. The SMILES string of the molecule is CC1CCC(c2ccc(-c3ccc(C(F)(F)F)c(F)c3)c(F)c2)CC1. The minimum atomic E-state index is -4.76. The number of halogens is 5. The van der Waals surface area contributed by atoms with Crippen molar-refractivity contribution >= 4 is 0 Å². The molecule has 25 heavy (non-hydrogen) atoms. The maximum absolute atomic E-state index is 14.5. The molecule has 0 radical (unpaired) electrons. The first kappa shape index (κ1) is 17.9. The van der Waals surface area contributed by atoms with Crippen LogP contribution in [0.1, 0.15) is 49.7 Å². The summed E-state index contributed by atoms with van der Waals surface area (Å²) in [6, 6.07) is 7.26. The van der Waals surface area contributed by atoms with Crippen molar-refractivity contribution in [1.29, 1.82) is 0 Å². The van der Waals surface area contributed by atoms with Gasteiger partial charge in [-0.1, -0.05) is 38.0 Å². The molecule has 2 aromatic carbocycles. The summed E-state index contributed by atoms with van der Waals surface area (Å²) in [6.45, 7) is 2.21. The lowest BCUT2D eigenvalue weighted by molar-refractivity contribution is -0.139. The van der Waals surface area contributed by atoms with Gasteiger partial charge < -0.3 is 0 Å². The van der Waals surface area contributed by atoms with Crippen LogP contribution >= 0.6 is 0 Å². The Labute approximate surface area is 143 Å². The minimum absolute atomic E-state index is 0.104. The third-order valence-electron chi connectivity index (χ3n) is 5.07. The van der Waals surface area contributed by atoms with Crippen molar-refractivity contribution in [3.63, 3.8) is 0 Å². The maximum atomic E-state index is 14.5. The van der Waals surface area contributed by atoms with Crippen LogP contribution in [-0.4, -0.2) is 0 Å². The second kappa shape index (κ2) is 6.77. The molecule has 0 aromatic heterocycles. The number of benzene rings is 2. The first-order valence-corrected chi connectivity index (χ1v) is 8.42. The fraction of sp³-hybridized carbons (Fsp3) is 0.400. The summed E-state index contributed by atoms with van der Waals surface area (Å²) in [4.78, 5) is 0. The van der Waals surface area contributed by atoms with E-state index in [0.717, 1.165) is 43.4 Å². The zero-order chi connectivity index (χ0) is 18.2. The Morgan fingerprint density at radius 1 is 0.840 bits per heavy atom. The van der Waals surface area contributed by atoms with Gasteiger partial charge in [0.2, 0.25) is 0 Å². The van der Waals surface area contributed by atoms with E-state index in [9.17, 15) is 22.0 Å². The average molecular weight is 354 g/mol. The van der Waals surface area contributed by atoms with Crippen molar-refractivity contribution in [2.45, 2.75) is 44.7 Å². The molecule has 0 spiro atoms. The zero-order valence-corrected chi connectivity index (χ0v) is 13.8. The third kappa shape index (κ3) is 3.86. The highest BCUT2D eigenvalue weighted by Gasteiger charge is 2.34. The molecule has 3 rings (SSSR count). The summed E-state index contributed by atoms with van der Waals surface area (Å²) >= 11 is 0. The normalized spacial score (nSPS) is 21.4. The molecule has 1 aliphatic carbocycles. The molecule has 0 aliphatic heterocycles. The Kier molecular flexibility index (Phi) is 4.85. The quantitative estimate of drug-likeness (QED) is 0.512. The second-order valence-electron chi connectivity index (χ2n) is 6.89. The molecule has 0 bridgehead atoms. The van der Waals surface area contributed by atoms with Crippen molar-refractivity contribution in [2.75, 3.05) is 0 Å². The molecule has 0 N–H and O–H groups in total. The molecule has 5 heteroatoms. The number of rotatable bonds is 2. The molecule has 2 aromatic rings. The predicted molar refractivity (Wildman–Crippen MR) is 87.2 cm³/mol. The van der Waals surface area contributed by atoms with Crippen LogP contribution in [0.15, 0.2) is 36.4 Å². The highest BCUT2D eigenvalue weighted by molar-refractivity contribution is 5.65. The summed E-state index contributed by atoms with van der Waals surface area (Å²) < 4.78 is 66.1. The van der Waals surface area contributed by atoms with E-state index in [1.165, 1.54) is 12.1 Å². The Balaban J connectivity index is 1.87. The standard InChI is InChI=1S/C20H19F5/c1-12-2-4-13(5-3-12)14-6-8-16(18(21)10-14)15-7-9-17(19(22)11-15)20(23,24)25/h6-13H,2-5H2,1H3. The van der Waals surface area contributed by atoms with Crippen LogP contribution in [-0.2, 0) is 6.18 Å². The van der Waals surface area contributed by atoms with Gasteiger partial charge in [-0.05, 0) is 54.0 Å². The highest BCUT2D eigenvalue weighted by atomic mass is 19.4. The van der Waals surface area contributed by atoms with Crippen LogP contribution in [0.2, 0.25) is 0 Å². The van der Waals surface area contributed by atoms with Gasteiger partial charge in [0.25, 0.3) is 0 Å². The second-order valence-corrected chi connectivity index (χ2v) is 6.89. The van der Waals surface area contributed by atoms with Gasteiger partial charge in [0.15, 0.2) is 0 Å². The van der Waals surface area contributed by atoms with Crippen molar-refractivity contribution < 1.29 is 22.0 Å². The number of hydrogen-bond donors (Lipinski definition) is 0. The first-order valence-electron chi connectivity index (χ1n) is 8.42. The summed E-state index contributed by atoms with van der Waals surface area (Å²) in [5.74, 6) is -0.926. The fourth-order valence-electron chi connectivity index (χ4n) is 3.53. The molecular formula is C20H19F5. The van der Waals surface area contributed by atoms with E-state index in [1.54, 1.807) is 6.07 Å². The van der Waals surface area contributed by atoms with E-state index in [-0.39, 0.29) is 11.1 Å². The summed E-state index contributed by atoms with van der Waals surface area (Å²) in [5.41, 5.74) is -0.225. The lowest BCUT2D eigenvalue weighted by atomic mass is 9.79. The molecule has 0 amide bonds. The van der Waals surface area contributed by atoms with Gasteiger partial charge in [0.1, 0.15) is 11.6 Å². The van der Waals surface area contributed by atoms with Gasteiger partial charge in [0.05, 0.1) is 5.56 Å². The molecule has 0 unspecified atom stereocenters. The lowest BCUT2D eigenvalue weighted by Gasteiger charge is -2.26. The Morgan fingerprint density at radius 3 is 2.08 bits per heavy atom. The molecule has 1 aliphatic rings. The zero-order valence-electron chi connectivity index (χ0n) is 13.8. The van der Waals surface area contributed by atoms with Crippen LogP contribution < -0.4 is 0 Å². The minimum Gasteiger partial charge on any atom is -0.206 e. The van der Waals surface area contributed by atoms with Gasteiger partial charge in [0, 0.05) is 5.56 Å². The fourth-order valence-corrected chi connectivity index (χ4v) is 3.53. The molecule has 1 fully saturated rings. The highest BCUT2D eigenvalue weighted by Crippen LogP contribution is 2.38. The first-order chi connectivity index (χ1) is 11.8. The van der Waals surface area contributed by atoms with Crippen molar-refractivity contribution in [2.24, 2.45) is 5.92 Å². The molecular weight excluding hydrogens is 335 g/mol. The van der Waals surface area contributed by atoms with E-state index >= 15 is 0 Å². The summed E-state index contributed by atoms with van der Waals surface area (Å²) in [6.07, 6.45) is -0.525. The van der Waals surface area contributed by atoms with Crippen LogP contribution in [0.4, 0.5) is 22.0 Å². The van der Waals surface area contributed by atoms with E-state index in [4.69, 9.17) is 0 Å². The Morgan fingerprint density at radius 2 is 1.52 bits per heavy atom. The van der Waals surface area contributed by atoms with E-state index in [1.807, 2.05) is 0 Å². The third-order valence-corrected chi connectivity index (χ3v) is 5.07. The van der Waals surface area contributed by atoms with Gasteiger partial charge in [-0.15, -0.1) is 0 Å². The smallest absolute Gasteiger partial charge is 0.206 e. The van der Waals surface area contributed by atoms with Crippen molar-refractivity contribution in [3.05, 3.63) is 59.2 Å². The largest absolute Gasteiger partial charge is 0.419 e. The van der Waals surface area contributed by atoms with E-state index in [2.05, 4.69) is 6.92 Å².